The van der Waals surface area contributed by atoms with Gasteiger partial charge in [0.25, 0.3) is 0 Å². The molecule has 0 aliphatic heterocycles. The Morgan fingerprint density at radius 2 is 1.40 bits per heavy atom. The highest BCUT2D eigenvalue weighted by Crippen LogP contribution is 2.38. The third-order valence-corrected chi connectivity index (χ3v) is 4.24. The lowest BCUT2D eigenvalue weighted by Gasteiger charge is -2.15. The van der Waals surface area contributed by atoms with Crippen LogP contribution in [0, 0.1) is 0 Å². The van der Waals surface area contributed by atoms with E-state index in [2.05, 4.69) is 5.32 Å². The number of amides is 1. The van der Waals surface area contributed by atoms with Crippen molar-refractivity contribution in [1.82, 2.24) is 0 Å². The lowest BCUT2D eigenvalue weighted by molar-refractivity contribution is -0.115. The van der Waals surface area contributed by atoms with E-state index in [9.17, 15) is 4.79 Å². The predicted molar refractivity (Wildman–Crippen MR) is 116 cm³/mol. The summed E-state index contributed by atoms with van der Waals surface area (Å²) in [7, 11) is 4.63. The van der Waals surface area contributed by atoms with Crippen LogP contribution in [0.4, 0.5) is 5.69 Å². The number of carbonyl (C=O) groups excluding carboxylic acids is 1. The smallest absolute Gasteiger partial charge is 0.228 e. The van der Waals surface area contributed by atoms with E-state index in [0.29, 0.717) is 47.6 Å². The molecule has 1 N–H and O–H groups in total. The van der Waals surface area contributed by atoms with Crippen molar-refractivity contribution < 1.29 is 28.5 Å². The molecule has 2 aromatic rings. The van der Waals surface area contributed by atoms with Gasteiger partial charge in [0.15, 0.2) is 23.0 Å². The van der Waals surface area contributed by atoms with Gasteiger partial charge in [-0.15, -0.1) is 0 Å². The first-order valence-electron chi connectivity index (χ1n) is 10.0. The van der Waals surface area contributed by atoms with Crippen molar-refractivity contribution in [2.24, 2.45) is 0 Å². The summed E-state index contributed by atoms with van der Waals surface area (Å²) in [6.45, 7) is 5.26. The topological polar surface area (TPSA) is 75.3 Å². The van der Waals surface area contributed by atoms with Gasteiger partial charge in [-0.25, -0.2) is 0 Å². The zero-order chi connectivity index (χ0) is 21.9. The summed E-state index contributed by atoms with van der Waals surface area (Å²) >= 11 is 0. The van der Waals surface area contributed by atoms with E-state index in [1.165, 1.54) is 0 Å². The number of carbonyl (C=O) groups is 1. The summed E-state index contributed by atoms with van der Waals surface area (Å²) in [4.78, 5) is 12.6. The summed E-state index contributed by atoms with van der Waals surface area (Å²) in [5, 5.41) is 2.91. The third-order valence-electron chi connectivity index (χ3n) is 4.24. The fourth-order valence-electron chi connectivity index (χ4n) is 2.87. The van der Waals surface area contributed by atoms with E-state index >= 15 is 0 Å². The molecule has 0 bridgehead atoms. The van der Waals surface area contributed by atoms with Gasteiger partial charge in [0, 0.05) is 11.8 Å². The van der Waals surface area contributed by atoms with Crippen LogP contribution < -0.4 is 29.0 Å². The molecule has 7 nitrogen and oxygen atoms in total. The lowest BCUT2D eigenvalue weighted by atomic mass is 10.1. The summed E-state index contributed by atoms with van der Waals surface area (Å²) in [6.07, 6.45) is 1.93. The minimum absolute atomic E-state index is 0.149. The molecule has 0 aliphatic carbocycles. The molecule has 164 valence electrons. The average Bonchev–Trinajstić information content (AvgIpc) is 2.76. The molecule has 1 amide bonds. The Balaban J connectivity index is 2.15. The van der Waals surface area contributed by atoms with E-state index in [4.69, 9.17) is 23.7 Å². The molecule has 0 heterocycles. The van der Waals surface area contributed by atoms with E-state index in [1.807, 2.05) is 19.9 Å². The third kappa shape index (κ3) is 6.20. The quantitative estimate of drug-likeness (QED) is 0.549. The van der Waals surface area contributed by atoms with Crippen molar-refractivity contribution in [1.29, 1.82) is 0 Å². The van der Waals surface area contributed by atoms with Gasteiger partial charge in [-0.2, -0.15) is 0 Å². The highest BCUT2D eigenvalue weighted by molar-refractivity contribution is 5.92. The molecule has 2 rings (SSSR count). The maximum absolute atomic E-state index is 12.6. The lowest BCUT2D eigenvalue weighted by Crippen LogP contribution is -2.15. The second kappa shape index (κ2) is 11.8. The molecular weight excluding hydrogens is 386 g/mol. The first-order valence-corrected chi connectivity index (χ1v) is 10.0. The van der Waals surface area contributed by atoms with Gasteiger partial charge in [0.2, 0.25) is 11.7 Å². The molecule has 0 atom stereocenters. The van der Waals surface area contributed by atoms with Gasteiger partial charge in [-0.05, 0) is 42.7 Å². The Hall–Kier alpha value is -3.09. The van der Waals surface area contributed by atoms with Crippen LogP contribution in [0.2, 0.25) is 0 Å². The number of benzene rings is 2. The second-order valence-electron chi connectivity index (χ2n) is 6.62. The van der Waals surface area contributed by atoms with E-state index < -0.39 is 0 Å². The predicted octanol–water partition coefficient (Wildman–Crippen LogP) is 4.47. The molecule has 0 unspecified atom stereocenters. The number of ether oxygens (including phenoxy) is 5. The summed E-state index contributed by atoms with van der Waals surface area (Å²) in [6, 6.07) is 8.93. The van der Waals surface area contributed by atoms with Crippen LogP contribution in [0.15, 0.2) is 30.3 Å². The maximum Gasteiger partial charge on any atom is 0.228 e. The molecule has 0 aromatic heterocycles. The van der Waals surface area contributed by atoms with Crippen molar-refractivity contribution in [2.45, 2.75) is 33.1 Å². The van der Waals surface area contributed by atoms with Crippen molar-refractivity contribution >= 4 is 11.6 Å². The molecule has 0 saturated heterocycles. The van der Waals surface area contributed by atoms with Gasteiger partial charge in [0.05, 0.1) is 41.0 Å². The minimum Gasteiger partial charge on any atom is -0.493 e. The van der Waals surface area contributed by atoms with Crippen molar-refractivity contribution in [3.63, 3.8) is 0 Å². The standard InChI is InChI=1S/C23H31NO6/c1-6-10-29-18-9-8-17(15-19(18)30-11-7-2)24-22(25)14-16-12-20(26-3)23(28-5)21(13-16)27-4/h8-9,12-13,15H,6-7,10-11,14H2,1-5H3,(H,24,25). The Morgan fingerprint density at radius 3 is 1.93 bits per heavy atom. The monoisotopic (exact) mass is 417 g/mol. The Morgan fingerprint density at radius 1 is 0.800 bits per heavy atom. The number of nitrogens with one attached hydrogen (secondary N) is 1. The van der Waals surface area contributed by atoms with E-state index in [0.717, 1.165) is 18.4 Å². The summed E-state index contributed by atoms with van der Waals surface area (Å²) in [5.74, 6) is 2.63. The Bertz CT molecular complexity index is 811. The molecule has 0 saturated carbocycles. The second-order valence-corrected chi connectivity index (χ2v) is 6.62. The molecule has 0 spiro atoms. The minimum atomic E-state index is -0.173. The van der Waals surface area contributed by atoms with E-state index in [-0.39, 0.29) is 12.3 Å². The Kier molecular flexibility index (Phi) is 9.12. The van der Waals surface area contributed by atoms with Crippen molar-refractivity contribution in [2.75, 3.05) is 39.9 Å². The van der Waals surface area contributed by atoms with Crippen LogP contribution >= 0.6 is 0 Å². The van der Waals surface area contributed by atoms with Crippen molar-refractivity contribution in [3.05, 3.63) is 35.9 Å². The number of rotatable bonds is 12. The Labute approximate surface area is 178 Å². The molecule has 2 aromatic carbocycles. The van der Waals surface area contributed by atoms with Crippen LogP contribution in [-0.2, 0) is 11.2 Å². The van der Waals surface area contributed by atoms with Crippen LogP contribution in [0.25, 0.3) is 0 Å². The highest BCUT2D eigenvalue weighted by Gasteiger charge is 2.15. The molecule has 7 heteroatoms. The van der Waals surface area contributed by atoms with Gasteiger partial charge in [0.1, 0.15) is 0 Å². The molecular formula is C23H31NO6. The first kappa shape index (κ1) is 23.2. The van der Waals surface area contributed by atoms with Gasteiger partial charge < -0.3 is 29.0 Å². The average molecular weight is 418 g/mol. The van der Waals surface area contributed by atoms with Gasteiger partial charge in [-0.1, -0.05) is 13.8 Å². The first-order chi connectivity index (χ1) is 14.6. The molecule has 0 aliphatic rings. The highest BCUT2D eigenvalue weighted by atomic mass is 16.5. The van der Waals surface area contributed by atoms with Crippen LogP contribution in [0.5, 0.6) is 28.7 Å². The molecule has 30 heavy (non-hydrogen) atoms. The number of methoxy groups -OCH3 is 3. The summed E-state index contributed by atoms with van der Waals surface area (Å²) in [5.41, 5.74) is 1.38. The fourth-order valence-corrected chi connectivity index (χ4v) is 2.87. The van der Waals surface area contributed by atoms with Gasteiger partial charge in [-0.3, -0.25) is 4.79 Å². The zero-order valence-corrected chi connectivity index (χ0v) is 18.4. The largest absolute Gasteiger partial charge is 0.493 e. The molecule has 0 radical (unpaired) electrons. The van der Waals surface area contributed by atoms with E-state index in [1.54, 1.807) is 45.6 Å². The SMILES string of the molecule is CCCOc1ccc(NC(=O)Cc2cc(OC)c(OC)c(OC)c2)cc1OCCC. The number of hydrogen-bond acceptors (Lipinski definition) is 6. The number of anilines is 1. The normalized spacial score (nSPS) is 10.3. The van der Waals surface area contributed by atoms with Gasteiger partial charge >= 0.3 is 0 Å². The zero-order valence-electron chi connectivity index (χ0n) is 18.4. The van der Waals surface area contributed by atoms with Crippen LogP contribution in [0.3, 0.4) is 0 Å². The van der Waals surface area contributed by atoms with Crippen LogP contribution in [-0.4, -0.2) is 40.5 Å². The maximum atomic E-state index is 12.6. The van der Waals surface area contributed by atoms with Crippen molar-refractivity contribution in [3.8, 4) is 28.7 Å². The number of hydrogen-bond donors (Lipinski definition) is 1. The van der Waals surface area contributed by atoms with Crippen LogP contribution in [0.1, 0.15) is 32.3 Å². The molecule has 0 fully saturated rings. The fraction of sp³-hybridized carbons (Fsp3) is 0.435. The summed E-state index contributed by atoms with van der Waals surface area (Å²) < 4.78 is 27.5.